The van der Waals surface area contributed by atoms with Crippen LogP contribution >= 0.6 is 11.3 Å². The third-order valence-corrected chi connectivity index (χ3v) is 5.34. The Balaban J connectivity index is 1.78. The van der Waals surface area contributed by atoms with Crippen molar-refractivity contribution >= 4 is 23.2 Å². The normalized spacial score (nSPS) is 22.2. The minimum absolute atomic E-state index is 0.0650. The Morgan fingerprint density at radius 2 is 2.21 bits per heavy atom. The highest BCUT2D eigenvalue weighted by atomic mass is 32.1. The van der Waals surface area contributed by atoms with E-state index in [-0.39, 0.29) is 23.8 Å². The van der Waals surface area contributed by atoms with Crippen molar-refractivity contribution in [2.75, 3.05) is 7.05 Å². The third-order valence-electron chi connectivity index (χ3n) is 4.40. The number of aromatic nitrogens is 1. The first-order chi connectivity index (χ1) is 11.6. The SMILES string of the molecule is CC(OC(=O)C1CCC(=O)N(C)C1c1cccs1)c1ccccn1. The van der Waals surface area contributed by atoms with E-state index in [2.05, 4.69) is 4.98 Å². The lowest BCUT2D eigenvalue weighted by molar-refractivity contribution is -0.160. The summed E-state index contributed by atoms with van der Waals surface area (Å²) in [5.41, 5.74) is 0.721. The molecule has 0 spiro atoms. The highest BCUT2D eigenvalue weighted by Crippen LogP contribution is 2.39. The lowest BCUT2D eigenvalue weighted by Gasteiger charge is -2.37. The number of piperidine rings is 1. The fourth-order valence-corrected chi connectivity index (χ4v) is 4.01. The highest BCUT2D eigenvalue weighted by Gasteiger charge is 2.40. The molecule has 3 unspecified atom stereocenters. The van der Waals surface area contributed by atoms with E-state index >= 15 is 0 Å². The molecule has 0 aromatic carbocycles. The molecule has 3 heterocycles. The Labute approximate surface area is 145 Å². The molecule has 0 bridgehead atoms. The van der Waals surface area contributed by atoms with E-state index in [9.17, 15) is 9.59 Å². The number of nitrogens with zero attached hydrogens (tertiary/aromatic N) is 2. The first kappa shape index (κ1) is 16.6. The Hall–Kier alpha value is -2.21. The maximum Gasteiger partial charge on any atom is 0.312 e. The molecule has 0 aliphatic carbocycles. The van der Waals surface area contributed by atoms with E-state index in [1.165, 1.54) is 0 Å². The molecule has 2 aromatic rings. The van der Waals surface area contributed by atoms with Crippen LogP contribution in [0.3, 0.4) is 0 Å². The molecule has 5 nitrogen and oxygen atoms in total. The summed E-state index contributed by atoms with van der Waals surface area (Å²) >= 11 is 1.56. The summed E-state index contributed by atoms with van der Waals surface area (Å²) in [5, 5.41) is 1.96. The summed E-state index contributed by atoms with van der Waals surface area (Å²) in [6.07, 6.45) is 2.15. The summed E-state index contributed by atoms with van der Waals surface area (Å²) in [6.45, 7) is 1.82. The molecule has 6 heteroatoms. The number of hydrogen-bond donors (Lipinski definition) is 0. The zero-order valence-electron chi connectivity index (χ0n) is 13.7. The number of ether oxygens (including phenoxy) is 1. The highest BCUT2D eigenvalue weighted by molar-refractivity contribution is 7.10. The van der Waals surface area contributed by atoms with Gasteiger partial charge in [-0.25, -0.2) is 0 Å². The molecule has 0 radical (unpaired) electrons. The Morgan fingerprint density at radius 3 is 2.88 bits per heavy atom. The van der Waals surface area contributed by atoms with Crippen LogP contribution in [0, 0.1) is 5.92 Å². The molecular weight excluding hydrogens is 324 g/mol. The molecule has 24 heavy (non-hydrogen) atoms. The Bertz CT molecular complexity index is 702. The Morgan fingerprint density at radius 1 is 1.38 bits per heavy atom. The van der Waals surface area contributed by atoms with Gasteiger partial charge in [-0.2, -0.15) is 0 Å². The van der Waals surface area contributed by atoms with E-state index in [1.807, 2.05) is 42.6 Å². The molecular formula is C18H20N2O3S. The number of likely N-dealkylation sites (tertiary alicyclic amines) is 1. The molecule has 1 aliphatic rings. The molecule has 3 rings (SSSR count). The van der Waals surface area contributed by atoms with E-state index in [4.69, 9.17) is 4.74 Å². The quantitative estimate of drug-likeness (QED) is 0.798. The fourth-order valence-electron chi connectivity index (χ4n) is 3.07. The van der Waals surface area contributed by atoms with Gasteiger partial charge >= 0.3 is 5.97 Å². The zero-order valence-corrected chi connectivity index (χ0v) is 14.5. The molecule has 0 N–H and O–H groups in total. The smallest absolute Gasteiger partial charge is 0.312 e. The predicted molar refractivity (Wildman–Crippen MR) is 91.3 cm³/mol. The van der Waals surface area contributed by atoms with Crippen LogP contribution in [-0.4, -0.2) is 28.8 Å². The van der Waals surface area contributed by atoms with E-state index < -0.39 is 6.10 Å². The van der Waals surface area contributed by atoms with Gasteiger partial charge in [0.1, 0.15) is 6.10 Å². The molecule has 2 aromatic heterocycles. The van der Waals surface area contributed by atoms with Crippen molar-refractivity contribution in [1.82, 2.24) is 9.88 Å². The summed E-state index contributed by atoms with van der Waals surface area (Å²) in [5.74, 6) is -0.557. The van der Waals surface area contributed by atoms with Gasteiger partial charge in [0.15, 0.2) is 0 Å². The second-order valence-electron chi connectivity index (χ2n) is 5.94. The molecule has 1 aliphatic heterocycles. The van der Waals surface area contributed by atoms with Crippen LogP contribution in [0.5, 0.6) is 0 Å². The minimum Gasteiger partial charge on any atom is -0.456 e. The van der Waals surface area contributed by atoms with Gasteiger partial charge in [0.25, 0.3) is 0 Å². The molecule has 3 atom stereocenters. The van der Waals surface area contributed by atoms with Crippen molar-refractivity contribution in [3.63, 3.8) is 0 Å². The molecule has 1 amide bonds. The monoisotopic (exact) mass is 344 g/mol. The Kier molecular flexibility index (Phi) is 4.94. The van der Waals surface area contributed by atoms with Crippen LogP contribution in [0.4, 0.5) is 0 Å². The molecule has 1 saturated heterocycles. The van der Waals surface area contributed by atoms with Gasteiger partial charge in [-0.3, -0.25) is 14.6 Å². The lowest BCUT2D eigenvalue weighted by Crippen LogP contribution is -2.43. The van der Waals surface area contributed by atoms with Crippen molar-refractivity contribution in [1.29, 1.82) is 0 Å². The van der Waals surface area contributed by atoms with Crippen molar-refractivity contribution < 1.29 is 14.3 Å². The van der Waals surface area contributed by atoms with Crippen molar-refractivity contribution in [3.05, 3.63) is 52.5 Å². The van der Waals surface area contributed by atoms with Crippen LogP contribution in [0.25, 0.3) is 0 Å². The molecule has 0 saturated carbocycles. The van der Waals surface area contributed by atoms with Gasteiger partial charge < -0.3 is 9.64 Å². The zero-order chi connectivity index (χ0) is 17.1. The topological polar surface area (TPSA) is 59.5 Å². The van der Waals surface area contributed by atoms with Gasteiger partial charge in [-0.1, -0.05) is 12.1 Å². The average molecular weight is 344 g/mol. The summed E-state index contributed by atoms with van der Waals surface area (Å²) in [7, 11) is 1.76. The second-order valence-corrected chi connectivity index (χ2v) is 6.92. The van der Waals surface area contributed by atoms with Crippen LogP contribution in [-0.2, 0) is 14.3 Å². The first-order valence-corrected chi connectivity index (χ1v) is 8.86. The van der Waals surface area contributed by atoms with Gasteiger partial charge in [0.05, 0.1) is 17.7 Å². The number of pyridine rings is 1. The second kappa shape index (κ2) is 7.13. The predicted octanol–water partition coefficient (Wildman–Crippen LogP) is 3.36. The van der Waals surface area contributed by atoms with Crippen LogP contribution in [0.1, 0.15) is 42.5 Å². The van der Waals surface area contributed by atoms with Crippen LogP contribution in [0.2, 0.25) is 0 Å². The van der Waals surface area contributed by atoms with Crippen molar-refractivity contribution in [2.45, 2.75) is 31.9 Å². The number of rotatable bonds is 4. The average Bonchev–Trinajstić information content (AvgIpc) is 3.12. The van der Waals surface area contributed by atoms with Gasteiger partial charge in [-0.05, 0) is 36.9 Å². The fraction of sp³-hybridized carbons (Fsp3) is 0.389. The van der Waals surface area contributed by atoms with Gasteiger partial charge in [0, 0.05) is 24.5 Å². The maximum absolute atomic E-state index is 12.8. The lowest BCUT2D eigenvalue weighted by atomic mass is 9.88. The largest absolute Gasteiger partial charge is 0.456 e. The molecule has 126 valence electrons. The first-order valence-electron chi connectivity index (χ1n) is 7.98. The van der Waals surface area contributed by atoms with Gasteiger partial charge in [-0.15, -0.1) is 11.3 Å². The number of carbonyl (C=O) groups excluding carboxylic acids is 2. The van der Waals surface area contributed by atoms with E-state index in [0.29, 0.717) is 12.8 Å². The van der Waals surface area contributed by atoms with E-state index in [1.54, 1.807) is 29.5 Å². The number of thiophene rings is 1. The standard InChI is InChI=1S/C18H20N2O3S/c1-12(14-6-3-4-10-19-14)23-18(22)13-8-9-16(21)20(2)17(13)15-7-5-11-24-15/h3-7,10-13,17H,8-9H2,1-2H3. The van der Waals surface area contributed by atoms with Crippen molar-refractivity contribution in [3.8, 4) is 0 Å². The van der Waals surface area contributed by atoms with Crippen LogP contribution < -0.4 is 0 Å². The van der Waals surface area contributed by atoms with Crippen molar-refractivity contribution in [2.24, 2.45) is 5.92 Å². The summed E-state index contributed by atoms with van der Waals surface area (Å²) in [4.78, 5) is 31.8. The summed E-state index contributed by atoms with van der Waals surface area (Å²) in [6, 6.07) is 9.18. The minimum atomic E-state index is -0.411. The van der Waals surface area contributed by atoms with E-state index in [0.717, 1.165) is 10.6 Å². The number of esters is 1. The number of amides is 1. The van der Waals surface area contributed by atoms with Crippen LogP contribution in [0.15, 0.2) is 41.9 Å². The third kappa shape index (κ3) is 3.33. The summed E-state index contributed by atoms with van der Waals surface area (Å²) < 4.78 is 5.65. The number of hydrogen-bond acceptors (Lipinski definition) is 5. The van der Waals surface area contributed by atoms with Gasteiger partial charge in [0.2, 0.25) is 5.91 Å². The molecule has 1 fully saturated rings. The maximum atomic E-state index is 12.8. The number of carbonyl (C=O) groups is 2.